The Morgan fingerprint density at radius 3 is 2.26 bits per heavy atom. The molecule has 0 spiro atoms. The van der Waals surface area contributed by atoms with Gasteiger partial charge in [0.1, 0.15) is 5.41 Å². The number of hydrogen-bond acceptors (Lipinski definition) is 2. The fraction of sp³-hybridized carbons (Fsp3) is 0.391. The molecule has 0 unspecified atom stereocenters. The highest BCUT2D eigenvalue weighted by Crippen LogP contribution is 2.48. The van der Waals surface area contributed by atoms with Crippen LogP contribution in [0, 0.1) is 5.41 Å². The topological polar surface area (TPSA) is 49.4 Å². The summed E-state index contributed by atoms with van der Waals surface area (Å²) in [7, 11) is 0. The summed E-state index contributed by atoms with van der Waals surface area (Å²) in [6.07, 6.45) is 1.24. The van der Waals surface area contributed by atoms with Gasteiger partial charge in [0, 0.05) is 18.8 Å². The quantitative estimate of drug-likeness (QED) is 0.731. The van der Waals surface area contributed by atoms with E-state index >= 15 is 0 Å². The second kappa shape index (κ2) is 7.95. The third-order valence-corrected chi connectivity index (χ3v) is 5.31. The number of benzene rings is 2. The minimum Gasteiger partial charge on any atom is -0.338 e. The summed E-state index contributed by atoms with van der Waals surface area (Å²) in [6, 6.07) is 17.7. The van der Waals surface area contributed by atoms with Gasteiger partial charge in [-0.2, -0.15) is 0 Å². The Labute approximate surface area is 161 Å². The number of nitrogens with zero attached hydrogens (tertiary/aromatic N) is 1. The van der Waals surface area contributed by atoms with Gasteiger partial charge in [-0.25, -0.2) is 0 Å². The molecule has 0 aliphatic heterocycles. The van der Waals surface area contributed by atoms with E-state index in [0.29, 0.717) is 31.8 Å². The molecule has 27 heavy (non-hydrogen) atoms. The van der Waals surface area contributed by atoms with Gasteiger partial charge in [0.2, 0.25) is 11.8 Å². The van der Waals surface area contributed by atoms with Gasteiger partial charge in [-0.1, -0.05) is 62.4 Å². The van der Waals surface area contributed by atoms with Crippen molar-refractivity contribution < 1.29 is 9.59 Å². The maximum atomic E-state index is 13.2. The number of rotatable bonds is 7. The molecule has 3 rings (SSSR count). The van der Waals surface area contributed by atoms with Gasteiger partial charge in [0.05, 0.1) is 0 Å². The van der Waals surface area contributed by atoms with E-state index in [0.717, 1.165) is 16.8 Å². The summed E-state index contributed by atoms with van der Waals surface area (Å²) in [4.78, 5) is 28.0. The summed E-state index contributed by atoms with van der Waals surface area (Å²) in [6.45, 7) is 7.28. The van der Waals surface area contributed by atoms with E-state index in [1.54, 1.807) is 4.90 Å². The van der Waals surface area contributed by atoms with Crippen LogP contribution in [0.25, 0.3) is 0 Å². The van der Waals surface area contributed by atoms with Crippen molar-refractivity contribution in [2.24, 2.45) is 5.41 Å². The van der Waals surface area contributed by atoms with E-state index in [1.165, 1.54) is 0 Å². The second-order valence-electron chi connectivity index (χ2n) is 7.58. The highest BCUT2D eigenvalue weighted by atomic mass is 16.2. The molecule has 2 aromatic rings. The summed E-state index contributed by atoms with van der Waals surface area (Å²) in [5.74, 6) is 0.0677. The molecule has 1 saturated carbocycles. The number of para-hydroxylation sites is 1. The van der Waals surface area contributed by atoms with Crippen LogP contribution in [0.4, 0.5) is 5.69 Å². The minimum atomic E-state index is -0.908. The van der Waals surface area contributed by atoms with Crippen molar-refractivity contribution in [3.8, 4) is 0 Å². The molecule has 0 heterocycles. The van der Waals surface area contributed by atoms with Gasteiger partial charge < -0.3 is 10.2 Å². The van der Waals surface area contributed by atoms with Crippen LogP contribution in [0.2, 0.25) is 0 Å². The second-order valence-corrected chi connectivity index (χ2v) is 7.58. The van der Waals surface area contributed by atoms with Crippen LogP contribution in [0.5, 0.6) is 0 Å². The van der Waals surface area contributed by atoms with Crippen LogP contribution in [0.3, 0.4) is 0 Å². The summed E-state index contributed by atoms with van der Waals surface area (Å²) >= 11 is 0. The molecule has 142 valence electrons. The van der Waals surface area contributed by atoms with Gasteiger partial charge in [-0.05, 0) is 42.9 Å². The molecule has 1 N–H and O–H groups in total. The van der Waals surface area contributed by atoms with E-state index in [9.17, 15) is 9.59 Å². The molecule has 2 aromatic carbocycles. The van der Waals surface area contributed by atoms with Gasteiger partial charge in [-0.3, -0.25) is 9.59 Å². The zero-order chi connectivity index (χ0) is 19.4. The normalized spacial score (nSPS) is 14.7. The SMILES string of the molecule is CCN(Cc1ccccc1)C(=O)C1(C(=O)Nc2ccccc2C(C)C)CC1. The molecule has 2 amide bonds. The number of hydrogen-bond donors (Lipinski definition) is 1. The molecule has 4 nitrogen and oxygen atoms in total. The lowest BCUT2D eigenvalue weighted by Gasteiger charge is -2.26. The highest BCUT2D eigenvalue weighted by molar-refractivity contribution is 6.13. The van der Waals surface area contributed by atoms with Gasteiger partial charge in [-0.15, -0.1) is 0 Å². The van der Waals surface area contributed by atoms with E-state index in [4.69, 9.17) is 0 Å². The van der Waals surface area contributed by atoms with E-state index in [-0.39, 0.29) is 11.8 Å². The number of nitrogens with one attached hydrogen (secondary N) is 1. The van der Waals surface area contributed by atoms with Crippen molar-refractivity contribution in [2.75, 3.05) is 11.9 Å². The van der Waals surface area contributed by atoms with Crippen molar-refractivity contribution >= 4 is 17.5 Å². The molecule has 0 aromatic heterocycles. The summed E-state index contributed by atoms with van der Waals surface area (Å²) in [5.41, 5.74) is 2.07. The van der Waals surface area contributed by atoms with Crippen molar-refractivity contribution in [3.63, 3.8) is 0 Å². The van der Waals surface area contributed by atoms with Crippen LogP contribution in [0.1, 0.15) is 50.7 Å². The average Bonchev–Trinajstić information content (AvgIpc) is 3.49. The summed E-state index contributed by atoms with van der Waals surface area (Å²) < 4.78 is 0. The Kier molecular flexibility index (Phi) is 5.64. The molecule has 0 radical (unpaired) electrons. The zero-order valence-electron chi connectivity index (χ0n) is 16.4. The zero-order valence-corrected chi connectivity index (χ0v) is 16.4. The molecule has 4 heteroatoms. The largest absolute Gasteiger partial charge is 0.338 e. The Hall–Kier alpha value is -2.62. The monoisotopic (exact) mass is 364 g/mol. The predicted molar refractivity (Wildman–Crippen MR) is 108 cm³/mol. The van der Waals surface area contributed by atoms with Gasteiger partial charge >= 0.3 is 0 Å². The van der Waals surface area contributed by atoms with Crippen molar-refractivity contribution in [1.82, 2.24) is 4.90 Å². The first kappa shape index (κ1) is 19.2. The van der Waals surface area contributed by atoms with Crippen LogP contribution in [0.15, 0.2) is 54.6 Å². The van der Waals surface area contributed by atoms with Gasteiger partial charge in [0.25, 0.3) is 0 Å². The van der Waals surface area contributed by atoms with E-state index < -0.39 is 5.41 Å². The van der Waals surface area contributed by atoms with E-state index in [1.807, 2.05) is 61.5 Å². The van der Waals surface area contributed by atoms with Crippen LogP contribution >= 0.6 is 0 Å². The first-order valence-electron chi connectivity index (χ1n) is 9.71. The molecular weight excluding hydrogens is 336 g/mol. The Morgan fingerprint density at radius 2 is 1.67 bits per heavy atom. The Morgan fingerprint density at radius 1 is 1.04 bits per heavy atom. The molecule has 0 bridgehead atoms. The third-order valence-electron chi connectivity index (χ3n) is 5.31. The standard InChI is InChI=1S/C23H28N2O2/c1-4-25(16-18-10-6-5-7-11-18)22(27)23(14-15-23)21(26)24-20-13-9-8-12-19(20)17(2)3/h5-13,17H,4,14-16H2,1-3H3,(H,24,26). The van der Waals surface area contributed by atoms with Crippen LogP contribution in [-0.4, -0.2) is 23.3 Å². The fourth-order valence-corrected chi connectivity index (χ4v) is 3.45. The van der Waals surface area contributed by atoms with E-state index in [2.05, 4.69) is 19.2 Å². The number of carbonyl (C=O) groups is 2. The predicted octanol–water partition coefficient (Wildman–Crippen LogP) is 4.58. The molecule has 1 aliphatic rings. The van der Waals surface area contributed by atoms with Crippen molar-refractivity contribution in [1.29, 1.82) is 0 Å². The number of carbonyl (C=O) groups excluding carboxylic acids is 2. The molecular formula is C23H28N2O2. The molecule has 1 fully saturated rings. The van der Waals surface area contributed by atoms with Crippen LogP contribution in [-0.2, 0) is 16.1 Å². The molecule has 0 saturated heterocycles. The lowest BCUT2D eigenvalue weighted by Crippen LogP contribution is -2.42. The van der Waals surface area contributed by atoms with Crippen LogP contribution < -0.4 is 5.32 Å². The van der Waals surface area contributed by atoms with Crippen molar-refractivity contribution in [2.45, 2.75) is 46.1 Å². The minimum absolute atomic E-state index is 0.0617. The lowest BCUT2D eigenvalue weighted by molar-refractivity contribution is -0.142. The van der Waals surface area contributed by atoms with Crippen molar-refractivity contribution in [3.05, 3.63) is 65.7 Å². The van der Waals surface area contributed by atoms with Gasteiger partial charge in [0.15, 0.2) is 0 Å². The Balaban J connectivity index is 1.75. The number of amides is 2. The molecule has 0 atom stereocenters. The first-order chi connectivity index (χ1) is 13.0. The average molecular weight is 364 g/mol. The third kappa shape index (κ3) is 4.05. The first-order valence-corrected chi connectivity index (χ1v) is 9.71. The molecule has 1 aliphatic carbocycles. The lowest BCUT2D eigenvalue weighted by atomic mass is 9.99. The maximum Gasteiger partial charge on any atom is 0.240 e. The fourth-order valence-electron chi connectivity index (χ4n) is 3.45. The smallest absolute Gasteiger partial charge is 0.240 e. The Bertz CT molecular complexity index is 810. The number of anilines is 1. The summed E-state index contributed by atoms with van der Waals surface area (Å²) in [5, 5.41) is 3.03. The highest BCUT2D eigenvalue weighted by Gasteiger charge is 2.57. The maximum absolute atomic E-state index is 13.2.